The first-order valence-electron chi connectivity index (χ1n) is 5.02. The number of rotatable bonds is 5. The van der Waals surface area contributed by atoms with Gasteiger partial charge in [-0.3, -0.25) is 0 Å². The molecule has 0 aromatic heterocycles. The van der Waals surface area contributed by atoms with Gasteiger partial charge in [0.15, 0.2) is 0 Å². The standard InChI is InChI=1S/C11H16Br2N2O/c1-15(2)4-3-5-16-11-9(12)6-8(14)7-10(11)13/h6-7H,3-5,14H2,1-2H3. The van der Waals surface area contributed by atoms with Gasteiger partial charge in [0, 0.05) is 12.2 Å². The van der Waals surface area contributed by atoms with E-state index < -0.39 is 0 Å². The Kier molecular flexibility index (Phi) is 5.58. The number of halogens is 2. The Morgan fingerprint density at radius 3 is 2.31 bits per heavy atom. The van der Waals surface area contributed by atoms with Crippen molar-refractivity contribution in [3.05, 3.63) is 21.1 Å². The zero-order valence-electron chi connectivity index (χ0n) is 9.46. The molecule has 0 spiro atoms. The smallest absolute Gasteiger partial charge is 0.147 e. The molecule has 5 heteroatoms. The highest BCUT2D eigenvalue weighted by atomic mass is 79.9. The zero-order chi connectivity index (χ0) is 12.1. The minimum absolute atomic E-state index is 0.694. The largest absolute Gasteiger partial charge is 0.491 e. The molecule has 0 aliphatic rings. The molecular formula is C11H16Br2N2O. The van der Waals surface area contributed by atoms with Crippen LogP contribution in [0, 0.1) is 0 Å². The van der Waals surface area contributed by atoms with E-state index in [0.717, 1.165) is 27.7 Å². The molecule has 0 atom stereocenters. The summed E-state index contributed by atoms with van der Waals surface area (Å²) in [5.41, 5.74) is 6.41. The Morgan fingerprint density at radius 1 is 1.25 bits per heavy atom. The summed E-state index contributed by atoms with van der Waals surface area (Å²) in [6.45, 7) is 1.71. The highest BCUT2D eigenvalue weighted by Gasteiger charge is 2.07. The zero-order valence-corrected chi connectivity index (χ0v) is 12.6. The highest BCUT2D eigenvalue weighted by molar-refractivity contribution is 9.11. The summed E-state index contributed by atoms with van der Waals surface area (Å²) in [6, 6.07) is 3.68. The van der Waals surface area contributed by atoms with Crippen molar-refractivity contribution >= 4 is 37.5 Å². The van der Waals surface area contributed by atoms with Crippen LogP contribution in [-0.2, 0) is 0 Å². The van der Waals surface area contributed by atoms with Crippen LogP contribution in [0.25, 0.3) is 0 Å². The molecule has 0 amide bonds. The van der Waals surface area contributed by atoms with Crippen molar-refractivity contribution < 1.29 is 4.74 Å². The van der Waals surface area contributed by atoms with Gasteiger partial charge in [0.25, 0.3) is 0 Å². The van der Waals surface area contributed by atoms with Gasteiger partial charge in [0.1, 0.15) is 5.75 Å². The third kappa shape index (κ3) is 4.31. The number of hydrogen-bond acceptors (Lipinski definition) is 3. The van der Waals surface area contributed by atoms with E-state index in [2.05, 4.69) is 50.9 Å². The van der Waals surface area contributed by atoms with E-state index in [1.54, 1.807) is 0 Å². The van der Waals surface area contributed by atoms with Crippen LogP contribution in [0.1, 0.15) is 6.42 Å². The molecule has 0 saturated heterocycles. The summed E-state index contributed by atoms with van der Waals surface area (Å²) in [7, 11) is 4.10. The molecule has 0 heterocycles. The normalized spacial score (nSPS) is 10.8. The Morgan fingerprint density at radius 2 is 1.81 bits per heavy atom. The fourth-order valence-electron chi connectivity index (χ4n) is 1.27. The molecule has 0 fully saturated rings. The molecule has 1 aromatic rings. The maximum absolute atomic E-state index is 5.70. The summed E-state index contributed by atoms with van der Waals surface area (Å²) < 4.78 is 7.45. The summed E-state index contributed by atoms with van der Waals surface area (Å²) in [6.07, 6.45) is 0.996. The minimum Gasteiger partial charge on any atom is -0.491 e. The predicted octanol–water partition coefficient (Wildman–Crippen LogP) is 3.12. The lowest BCUT2D eigenvalue weighted by Crippen LogP contribution is -2.15. The fourth-order valence-corrected chi connectivity index (χ4v) is 2.72. The van der Waals surface area contributed by atoms with Crippen molar-refractivity contribution in [3.63, 3.8) is 0 Å². The summed E-state index contributed by atoms with van der Waals surface area (Å²) in [5.74, 6) is 0.813. The van der Waals surface area contributed by atoms with Crippen LogP contribution in [0.3, 0.4) is 0 Å². The SMILES string of the molecule is CN(C)CCCOc1c(Br)cc(N)cc1Br. The molecule has 0 saturated carbocycles. The predicted molar refractivity (Wildman–Crippen MR) is 74.9 cm³/mol. The first kappa shape index (κ1) is 13.8. The molecule has 1 aromatic carbocycles. The third-order valence-corrected chi connectivity index (χ3v) is 3.19. The minimum atomic E-state index is 0.694. The van der Waals surface area contributed by atoms with E-state index in [4.69, 9.17) is 10.5 Å². The topological polar surface area (TPSA) is 38.5 Å². The van der Waals surface area contributed by atoms with E-state index in [9.17, 15) is 0 Å². The molecule has 16 heavy (non-hydrogen) atoms. The van der Waals surface area contributed by atoms with E-state index >= 15 is 0 Å². The average molecular weight is 352 g/mol. The molecule has 0 bridgehead atoms. The molecular weight excluding hydrogens is 336 g/mol. The Labute approximate surface area is 113 Å². The van der Waals surface area contributed by atoms with Gasteiger partial charge in [0.2, 0.25) is 0 Å². The lowest BCUT2D eigenvalue weighted by atomic mass is 10.3. The second-order valence-corrected chi connectivity index (χ2v) is 5.53. The molecule has 0 radical (unpaired) electrons. The van der Waals surface area contributed by atoms with Crippen molar-refractivity contribution in [3.8, 4) is 5.75 Å². The first-order chi connectivity index (χ1) is 7.50. The Hall–Kier alpha value is -0.260. The Balaban J connectivity index is 2.54. The quantitative estimate of drug-likeness (QED) is 0.654. The van der Waals surface area contributed by atoms with Gasteiger partial charge < -0.3 is 15.4 Å². The first-order valence-corrected chi connectivity index (χ1v) is 6.61. The van der Waals surface area contributed by atoms with E-state index in [1.807, 2.05) is 12.1 Å². The molecule has 1 rings (SSSR count). The molecule has 0 unspecified atom stereocenters. The third-order valence-electron chi connectivity index (χ3n) is 2.02. The van der Waals surface area contributed by atoms with Crippen LogP contribution >= 0.6 is 31.9 Å². The number of nitrogens with zero attached hydrogens (tertiary/aromatic N) is 1. The fraction of sp³-hybridized carbons (Fsp3) is 0.455. The van der Waals surface area contributed by atoms with Gasteiger partial charge in [-0.25, -0.2) is 0 Å². The van der Waals surface area contributed by atoms with Gasteiger partial charge in [0.05, 0.1) is 15.6 Å². The second kappa shape index (κ2) is 6.47. The van der Waals surface area contributed by atoms with Gasteiger partial charge in [-0.1, -0.05) is 0 Å². The number of hydrogen-bond donors (Lipinski definition) is 1. The molecule has 2 N–H and O–H groups in total. The van der Waals surface area contributed by atoms with Crippen molar-refractivity contribution in [2.45, 2.75) is 6.42 Å². The maximum atomic E-state index is 5.70. The number of anilines is 1. The molecule has 90 valence electrons. The number of nitrogen functional groups attached to an aromatic ring is 1. The van der Waals surface area contributed by atoms with E-state index in [-0.39, 0.29) is 0 Å². The summed E-state index contributed by atoms with van der Waals surface area (Å²) >= 11 is 6.87. The van der Waals surface area contributed by atoms with E-state index in [0.29, 0.717) is 12.3 Å². The van der Waals surface area contributed by atoms with E-state index in [1.165, 1.54) is 0 Å². The highest BCUT2D eigenvalue weighted by Crippen LogP contribution is 2.35. The lowest BCUT2D eigenvalue weighted by molar-refractivity contribution is 0.279. The second-order valence-electron chi connectivity index (χ2n) is 3.82. The van der Waals surface area contributed by atoms with Gasteiger partial charge in [-0.2, -0.15) is 0 Å². The van der Waals surface area contributed by atoms with Crippen molar-refractivity contribution in [2.75, 3.05) is 33.0 Å². The van der Waals surface area contributed by atoms with Crippen molar-refractivity contribution in [1.82, 2.24) is 4.90 Å². The number of ether oxygens (including phenoxy) is 1. The number of benzene rings is 1. The molecule has 3 nitrogen and oxygen atoms in total. The van der Waals surface area contributed by atoms with Crippen LogP contribution in [0.2, 0.25) is 0 Å². The van der Waals surface area contributed by atoms with Crippen molar-refractivity contribution in [1.29, 1.82) is 0 Å². The van der Waals surface area contributed by atoms with Crippen LogP contribution in [0.4, 0.5) is 5.69 Å². The van der Waals surface area contributed by atoms with Crippen LogP contribution < -0.4 is 10.5 Å². The van der Waals surface area contributed by atoms with Crippen molar-refractivity contribution in [2.24, 2.45) is 0 Å². The maximum Gasteiger partial charge on any atom is 0.147 e. The monoisotopic (exact) mass is 350 g/mol. The van der Waals surface area contributed by atoms with Crippen LogP contribution in [0.5, 0.6) is 5.75 Å². The van der Waals surface area contributed by atoms with Gasteiger partial charge in [-0.05, 0) is 64.5 Å². The summed E-state index contributed by atoms with van der Waals surface area (Å²) in [5, 5.41) is 0. The number of nitrogens with two attached hydrogens (primary N) is 1. The summed E-state index contributed by atoms with van der Waals surface area (Å²) in [4.78, 5) is 2.14. The van der Waals surface area contributed by atoms with Gasteiger partial charge >= 0.3 is 0 Å². The van der Waals surface area contributed by atoms with Crippen LogP contribution in [0.15, 0.2) is 21.1 Å². The van der Waals surface area contributed by atoms with Crippen LogP contribution in [-0.4, -0.2) is 32.1 Å². The lowest BCUT2D eigenvalue weighted by Gasteiger charge is -2.13. The van der Waals surface area contributed by atoms with Gasteiger partial charge in [-0.15, -0.1) is 0 Å². The molecule has 0 aliphatic carbocycles. The average Bonchev–Trinajstić information content (AvgIpc) is 2.14. The molecule has 0 aliphatic heterocycles. The Bertz CT molecular complexity index is 333.